The number of nitrogens with two attached hydrogens (primary N) is 1. The van der Waals surface area contributed by atoms with Gasteiger partial charge in [-0.3, -0.25) is 19.2 Å². The monoisotopic (exact) mass is 657 g/mol. The van der Waals surface area contributed by atoms with E-state index in [2.05, 4.69) is 30.2 Å². The highest BCUT2D eigenvalue weighted by molar-refractivity contribution is 5.82. The number of halogens is 6. The minimum absolute atomic E-state index is 0.0116. The lowest BCUT2D eigenvalue weighted by atomic mass is 9.92. The van der Waals surface area contributed by atoms with E-state index in [1.165, 1.54) is 13.8 Å². The van der Waals surface area contributed by atoms with Gasteiger partial charge in [0.1, 0.15) is 6.04 Å². The molecule has 0 aromatic carbocycles. The van der Waals surface area contributed by atoms with E-state index in [4.69, 9.17) is 14.8 Å². The Balaban J connectivity index is 0.000000393. The van der Waals surface area contributed by atoms with Crippen molar-refractivity contribution < 1.29 is 50.3 Å². The molecule has 16 heteroatoms. The summed E-state index contributed by atoms with van der Waals surface area (Å²) >= 11 is 0. The molecular weight excluding hydrogens is 612 g/mol. The predicted molar refractivity (Wildman–Crippen MR) is 151 cm³/mol. The summed E-state index contributed by atoms with van der Waals surface area (Å²) in [4.78, 5) is 44.9. The zero-order valence-electron chi connectivity index (χ0n) is 26.7. The van der Waals surface area contributed by atoms with Crippen LogP contribution in [0.2, 0.25) is 0 Å². The van der Waals surface area contributed by atoms with Crippen LogP contribution in [0.3, 0.4) is 0 Å². The van der Waals surface area contributed by atoms with Crippen LogP contribution in [0.1, 0.15) is 80.6 Å². The number of carbonyl (C=O) groups is 4. The fourth-order valence-corrected chi connectivity index (χ4v) is 5.93. The van der Waals surface area contributed by atoms with E-state index >= 15 is 0 Å². The molecule has 258 valence electrons. The molecule has 10 nitrogen and oxygen atoms in total. The molecule has 0 bridgehead atoms. The Morgan fingerprint density at radius 1 is 1.13 bits per heavy atom. The van der Waals surface area contributed by atoms with Gasteiger partial charge in [-0.1, -0.05) is 27.7 Å². The van der Waals surface area contributed by atoms with Crippen LogP contribution in [-0.2, 0) is 23.9 Å². The normalized spacial score (nSPS) is 24.3. The number of nitriles is 1. The molecule has 1 saturated carbocycles. The van der Waals surface area contributed by atoms with Gasteiger partial charge >= 0.3 is 18.3 Å². The molecule has 45 heavy (non-hydrogen) atoms. The number of fused-ring (bicyclic) bond motifs is 1. The van der Waals surface area contributed by atoms with Crippen molar-refractivity contribution in [1.29, 1.82) is 5.26 Å². The number of alkyl halides is 6. The summed E-state index contributed by atoms with van der Waals surface area (Å²) in [7, 11) is 0. The maximum Gasteiger partial charge on any atom is 0.470 e. The summed E-state index contributed by atoms with van der Waals surface area (Å²) in [6, 6.07) is 1.38. The molecule has 1 aliphatic carbocycles. The van der Waals surface area contributed by atoms with Gasteiger partial charge in [0.2, 0.25) is 18.2 Å². The largest absolute Gasteiger partial charge is 0.470 e. The molecule has 4 amide bonds. The lowest BCUT2D eigenvalue weighted by molar-refractivity contribution is -0.292. The van der Waals surface area contributed by atoms with E-state index in [0.717, 1.165) is 13.1 Å². The Morgan fingerprint density at radius 3 is 1.96 bits per heavy atom. The van der Waals surface area contributed by atoms with Gasteiger partial charge in [-0.2, -0.15) is 31.6 Å². The van der Waals surface area contributed by atoms with Crippen LogP contribution in [0.15, 0.2) is 0 Å². The van der Waals surface area contributed by atoms with E-state index in [9.17, 15) is 40.7 Å². The fourth-order valence-electron chi connectivity index (χ4n) is 5.93. The van der Waals surface area contributed by atoms with Crippen molar-refractivity contribution in [3.8, 4) is 6.07 Å². The number of primary amides is 1. The standard InChI is InChI=1S/C17H28F3NO2.C10H15N3O2.C2H2F3NO/c1-6-16(7-2,17(18,19)20)23-11(3)8-14(22)21-9-12-13(10-21)15(12,4)5;1-10(2)4-7(9(15)13-10)3-8(5-11)12-6-14;3-2(4,5)1(6)7/h11-13H,6-10H2,1-5H3;6-8H,3-4H2,1-2H3,(H,12,14)(H,13,15);(H2,6,7)/t11-,12?,13?;;/m1../s1. The van der Waals surface area contributed by atoms with Crippen LogP contribution >= 0.6 is 0 Å². The van der Waals surface area contributed by atoms with Crippen LogP contribution in [0.4, 0.5) is 26.3 Å². The number of carbonyl (C=O) groups excluding carboxylic acids is 4. The zero-order chi connectivity index (χ0) is 35.2. The topological polar surface area (TPSA) is 155 Å². The maximum atomic E-state index is 13.3. The summed E-state index contributed by atoms with van der Waals surface area (Å²) in [5.74, 6) is -1.48. The Labute approximate surface area is 259 Å². The molecule has 5 atom stereocenters. The van der Waals surface area contributed by atoms with Crippen molar-refractivity contribution in [1.82, 2.24) is 15.5 Å². The van der Waals surface area contributed by atoms with E-state index in [-0.39, 0.29) is 42.5 Å². The number of nitrogens with one attached hydrogen (secondary N) is 2. The van der Waals surface area contributed by atoms with Crippen LogP contribution in [0.25, 0.3) is 0 Å². The molecule has 3 fully saturated rings. The number of ether oxygens (including phenoxy) is 1. The van der Waals surface area contributed by atoms with Crippen LogP contribution < -0.4 is 16.4 Å². The van der Waals surface area contributed by atoms with Gasteiger partial charge in [0.15, 0.2) is 5.60 Å². The molecule has 3 rings (SSSR count). The number of likely N-dealkylation sites (tertiary alicyclic amines) is 1. The Bertz CT molecular complexity index is 1090. The van der Waals surface area contributed by atoms with E-state index in [1.807, 2.05) is 19.9 Å². The maximum absolute atomic E-state index is 13.3. The Kier molecular flexibility index (Phi) is 13.3. The zero-order valence-corrected chi connectivity index (χ0v) is 26.7. The summed E-state index contributed by atoms with van der Waals surface area (Å²) in [5.41, 5.74) is 1.76. The molecule has 3 aliphatic rings. The van der Waals surface area contributed by atoms with Crippen LogP contribution in [0, 0.1) is 34.5 Å². The minimum atomic E-state index is -4.86. The molecule has 4 unspecified atom stereocenters. The van der Waals surface area contributed by atoms with Crippen molar-refractivity contribution in [2.24, 2.45) is 28.9 Å². The average Bonchev–Trinajstić information content (AvgIpc) is 3.21. The lowest BCUT2D eigenvalue weighted by Crippen LogP contribution is -2.49. The average molecular weight is 658 g/mol. The molecule has 2 aliphatic heterocycles. The highest BCUT2D eigenvalue weighted by Crippen LogP contribution is 2.62. The van der Waals surface area contributed by atoms with Gasteiger partial charge < -0.3 is 26.0 Å². The number of hydrogen-bond acceptors (Lipinski definition) is 6. The second-order valence-corrected chi connectivity index (χ2v) is 13.0. The van der Waals surface area contributed by atoms with Crippen molar-refractivity contribution in [2.45, 2.75) is 116 Å². The summed E-state index contributed by atoms with van der Waals surface area (Å²) in [6.45, 7) is 14.3. The SMILES string of the molecule is CC1(C)CC(CC(C#N)NC=O)C(=O)N1.CCC(CC)(O[C@H](C)CC(=O)N1CC2C(C1)C2(C)C)C(F)(F)F.NC(=O)C(F)(F)F. The third-order valence-corrected chi connectivity index (χ3v) is 8.84. The van der Waals surface area contributed by atoms with Crippen molar-refractivity contribution in [3.05, 3.63) is 0 Å². The summed E-state index contributed by atoms with van der Waals surface area (Å²) in [6.07, 6.45) is -8.73. The highest BCUT2D eigenvalue weighted by atomic mass is 19.4. The highest BCUT2D eigenvalue weighted by Gasteiger charge is 2.62. The lowest BCUT2D eigenvalue weighted by Gasteiger charge is -2.36. The first-order valence-corrected chi connectivity index (χ1v) is 14.7. The second-order valence-electron chi connectivity index (χ2n) is 13.0. The fraction of sp³-hybridized carbons (Fsp3) is 0.828. The Hall–Kier alpha value is -3.09. The molecule has 2 saturated heterocycles. The molecule has 0 aromatic heterocycles. The Morgan fingerprint density at radius 2 is 1.62 bits per heavy atom. The summed E-state index contributed by atoms with van der Waals surface area (Å²) < 4.78 is 77.3. The predicted octanol–water partition coefficient (Wildman–Crippen LogP) is 3.98. The first-order chi connectivity index (χ1) is 20.4. The molecule has 0 radical (unpaired) electrons. The van der Waals surface area contributed by atoms with Gasteiger partial charge in [-0.25, -0.2) is 0 Å². The first-order valence-electron chi connectivity index (χ1n) is 14.7. The number of amides is 4. The molecule has 0 spiro atoms. The van der Waals surface area contributed by atoms with Gasteiger partial charge in [-0.05, 0) is 63.7 Å². The third kappa shape index (κ3) is 10.7. The second kappa shape index (κ2) is 15.0. The van der Waals surface area contributed by atoms with Crippen LogP contribution in [0.5, 0.6) is 0 Å². The van der Waals surface area contributed by atoms with Gasteiger partial charge in [0.05, 0.1) is 18.6 Å². The first kappa shape index (κ1) is 39.9. The number of piperidine rings is 1. The number of rotatable bonds is 10. The van der Waals surface area contributed by atoms with Crippen LogP contribution in [-0.4, -0.2) is 77.8 Å². The van der Waals surface area contributed by atoms with Crippen molar-refractivity contribution in [2.75, 3.05) is 13.1 Å². The van der Waals surface area contributed by atoms with E-state index in [1.54, 1.807) is 11.8 Å². The number of hydrogen-bond donors (Lipinski definition) is 3. The molecule has 0 aromatic rings. The molecular formula is C29H45F6N5O5. The van der Waals surface area contributed by atoms with E-state index in [0.29, 0.717) is 36.5 Å². The molecule has 4 N–H and O–H groups in total. The smallest absolute Gasteiger partial charge is 0.362 e. The van der Waals surface area contributed by atoms with Gasteiger partial charge in [-0.15, -0.1) is 0 Å². The quantitative estimate of drug-likeness (QED) is 0.239. The molecule has 2 heterocycles. The third-order valence-electron chi connectivity index (χ3n) is 8.84. The minimum Gasteiger partial charge on any atom is -0.362 e. The van der Waals surface area contributed by atoms with Gasteiger partial charge in [0.25, 0.3) is 0 Å². The van der Waals surface area contributed by atoms with Crippen molar-refractivity contribution >= 4 is 24.1 Å². The van der Waals surface area contributed by atoms with Crippen molar-refractivity contribution in [3.63, 3.8) is 0 Å². The van der Waals surface area contributed by atoms with Gasteiger partial charge in [0, 0.05) is 24.5 Å². The number of nitrogens with zero attached hydrogens (tertiary/aromatic N) is 2. The van der Waals surface area contributed by atoms with E-state index < -0.39 is 36.0 Å². The summed E-state index contributed by atoms with van der Waals surface area (Å²) in [5, 5.41) is 14.0.